The highest BCUT2D eigenvalue weighted by Gasteiger charge is 2.21. The molecule has 3 aromatic rings. The highest BCUT2D eigenvalue weighted by Crippen LogP contribution is 2.36. The maximum Gasteiger partial charge on any atom is 0.315 e. The largest absolute Gasteiger partial charge is 0.403 e. The number of amides is 1. The normalized spacial score (nSPS) is 12.8. The number of anilines is 1. The fourth-order valence-electron chi connectivity index (χ4n) is 3.25. The first-order valence-electron chi connectivity index (χ1n) is 8.96. The van der Waals surface area contributed by atoms with Crippen LogP contribution in [0.4, 0.5) is 10.4 Å². The minimum Gasteiger partial charge on any atom is -0.403 e. The molecule has 1 aromatic heterocycles. The van der Waals surface area contributed by atoms with Gasteiger partial charge in [-0.05, 0) is 61.2 Å². The number of nitrogens with one attached hydrogen (secondary N) is 1. The van der Waals surface area contributed by atoms with Gasteiger partial charge in [0.05, 0.1) is 0 Å². The maximum atomic E-state index is 14.6. The molecule has 4 rings (SSSR count). The second-order valence-electron chi connectivity index (χ2n) is 6.96. The number of benzene rings is 2. The third-order valence-corrected chi connectivity index (χ3v) is 4.55. The van der Waals surface area contributed by atoms with Gasteiger partial charge in [-0.2, -0.15) is 0 Å². The Morgan fingerprint density at radius 2 is 2.00 bits per heavy atom. The van der Waals surface area contributed by atoms with Crippen LogP contribution >= 0.6 is 0 Å². The highest BCUT2D eigenvalue weighted by atomic mass is 19.1. The van der Waals surface area contributed by atoms with E-state index in [-0.39, 0.29) is 11.6 Å². The quantitative estimate of drug-likeness (QED) is 0.705. The van der Waals surface area contributed by atoms with Gasteiger partial charge in [0.2, 0.25) is 11.8 Å². The molecule has 1 aliphatic carbocycles. The van der Waals surface area contributed by atoms with Crippen LogP contribution < -0.4 is 11.1 Å². The third kappa shape index (κ3) is 3.26. The Morgan fingerprint density at radius 1 is 1.18 bits per heavy atom. The number of primary amides is 1. The number of aromatic nitrogens is 2. The number of halogens is 1. The summed E-state index contributed by atoms with van der Waals surface area (Å²) in [6, 6.07) is 10.6. The summed E-state index contributed by atoms with van der Waals surface area (Å²) in [6.45, 7) is 3.96. The first-order valence-corrected chi connectivity index (χ1v) is 8.96. The number of carbonyl (C=O) groups excluding carboxylic acids is 1. The summed E-state index contributed by atoms with van der Waals surface area (Å²) in [7, 11) is 0. The molecule has 7 heteroatoms. The molecule has 0 aliphatic heterocycles. The number of nitrogens with zero attached hydrogens (tertiary/aromatic N) is 2. The van der Waals surface area contributed by atoms with Crippen molar-refractivity contribution in [2.45, 2.75) is 26.3 Å². The average Bonchev–Trinajstić information content (AvgIpc) is 3.27. The van der Waals surface area contributed by atoms with Crippen LogP contribution in [0.25, 0.3) is 17.0 Å². The van der Waals surface area contributed by atoms with E-state index >= 15 is 0 Å². The molecule has 0 radical (unpaired) electrons. The summed E-state index contributed by atoms with van der Waals surface area (Å²) in [5.41, 5.74) is 9.31. The number of rotatable bonds is 5. The van der Waals surface area contributed by atoms with Crippen molar-refractivity contribution in [3.8, 4) is 11.5 Å². The van der Waals surface area contributed by atoms with Gasteiger partial charge in [-0.3, -0.25) is 4.79 Å². The average molecular weight is 378 g/mol. The van der Waals surface area contributed by atoms with Crippen LogP contribution in [0.2, 0.25) is 0 Å². The second-order valence-corrected chi connectivity index (χ2v) is 6.96. The molecule has 6 nitrogen and oxygen atoms in total. The molecule has 0 fully saturated rings. The second kappa shape index (κ2) is 6.92. The SMILES string of the molecule is CC(C)Nc1nnc(-c2ccc3c(c2)C(c2ccc(C(N)=O)cc2F)=CC3)o1. The predicted octanol–water partition coefficient (Wildman–Crippen LogP) is 3.78. The van der Waals surface area contributed by atoms with Crippen molar-refractivity contribution < 1.29 is 13.6 Å². The molecule has 142 valence electrons. The van der Waals surface area contributed by atoms with Crippen LogP contribution in [0, 0.1) is 5.82 Å². The van der Waals surface area contributed by atoms with Crippen LogP contribution in [0.1, 0.15) is 40.9 Å². The van der Waals surface area contributed by atoms with Crippen molar-refractivity contribution in [3.05, 3.63) is 70.5 Å². The smallest absolute Gasteiger partial charge is 0.315 e. The molecule has 28 heavy (non-hydrogen) atoms. The van der Waals surface area contributed by atoms with Gasteiger partial charge in [-0.15, -0.1) is 5.10 Å². The minimum atomic E-state index is -0.657. The molecule has 0 unspecified atom stereocenters. The molecule has 3 N–H and O–H groups in total. The molecular formula is C21H19FN4O2. The Bertz CT molecular complexity index is 1100. The first kappa shape index (κ1) is 17.9. The lowest BCUT2D eigenvalue weighted by atomic mass is 9.96. The van der Waals surface area contributed by atoms with Gasteiger partial charge in [-0.1, -0.05) is 23.3 Å². The molecule has 0 saturated heterocycles. The summed E-state index contributed by atoms with van der Waals surface area (Å²) in [5.74, 6) is -0.750. The molecular weight excluding hydrogens is 359 g/mol. The number of hydrogen-bond acceptors (Lipinski definition) is 5. The van der Waals surface area contributed by atoms with E-state index < -0.39 is 11.7 Å². The van der Waals surface area contributed by atoms with Gasteiger partial charge in [0.25, 0.3) is 0 Å². The Balaban J connectivity index is 1.69. The molecule has 1 aliphatic rings. The van der Waals surface area contributed by atoms with Crippen LogP contribution in [0.5, 0.6) is 0 Å². The minimum absolute atomic E-state index is 0.143. The molecule has 2 aromatic carbocycles. The first-order chi connectivity index (χ1) is 13.4. The fraction of sp³-hybridized carbons (Fsp3) is 0.190. The van der Waals surface area contributed by atoms with E-state index in [1.807, 2.05) is 38.1 Å². The van der Waals surface area contributed by atoms with E-state index in [1.165, 1.54) is 12.1 Å². The summed E-state index contributed by atoms with van der Waals surface area (Å²) >= 11 is 0. The van der Waals surface area contributed by atoms with E-state index in [0.717, 1.165) is 22.3 Å². The topological polar surface area (TPSA) is 94.0 Å². The van der Waals surface area contributed by atoms with Crippen LogP contribution in [-0.2, 0) is 6.42 Å². The standard InChI is InChI=1S/C21H19FN4O2/c1-11(2)24-21-26-25-20(28-21)14-4-3-12-5-7-15(17(12)9-14)16-8-6-13(19(23)27)10-18(16)22/h3-4,6-11H,5H2,1-2H3,(H2,23,27)(H,24,26). The molecule has 0 spiro atoms. The van der Waals surface area contributed by atoms with Crippen molar-refractivity contribution in [2.24, 2.45) is 5.73 Å². The van der Waals surface area contributed by atoms with Crippen molar-refractivity contribution in [2.75, 3.05) is 5.32 Å². The lowest BCUT2D eigenvalue weighted by molar-refractivity contribution is 0.1000. The van der Waals surface area contributed by atoms with E-state index in [1.54, 1.807) is 6.07 Å². The summed E-state index contributed by atoms with van der Waals surface area (Å²) < 4.78 is 20.3. The van der Waals surface area contributed by atoms with E-state index in [9.17, 15) is 9.18 Å². The molecule has 0 bridgehead atoms. The zero-order valence-corrected chi connectivity index (χ0v) is 15.5. The van der Waals surface area contributed by atoms with Crippen LogP contribution in [0.3, 0.4) is 0 Å². The van der Waals surface area contributed by atoms with Crippen LogP contribution in [0.15, 0.2) is 46.9 Å². The maximum absolute atomic E-state index is 14.6. The Kier molecular flexibility index (Phi) is 4.43. The molecule has 1 amide bonds. The number of nitrogens with two attached hydrogens (primary N) is 1. The van der Waals surface area contributed by atoms with E-state index in [4.69, 9.17) is 10.2 Å². The zero-order valence-electron chi connectivity index (χ0n) is 15.5. The zero-order chi connectivity index (χ0) is 19.8. The highest BCUT2D eigenvalue weighted by molar-refractivity contribution is 5.94. The number of allylic oxidation sites excluding steroid dienone is 1. The van der Waals surface area contributed by atoms with Crippen molar-refractivity contribution >= 4 is 17.5 Å². The van der Waals surface area contributed by atoms with Crippen molar-refractivity contribution in [1.82, 2.24) is 10.2 Å². The van der Waals surface area contributed by atoms with E-state index in [2.05, 4.69) is 15.5 Å². The summed E-state index contributed by atoms with van der Waals surface area (Å²) in [6.07, 6.45) is 2.67. The van der Waals surface area contributed by atoms with E-state index in [0.29, 0.717) is 23.9 Å². The lowest BCUT2D eigenvalue weighted by Gasteiger charge is -2.09. The lowest BCUT2D eigenvalue weighted by Crippen LogP contribution is -2.11. The Morgan fingerprint density at radius 3 is 2.71 bits per heavy atom. The third-order valence-electron chi connectivity index (χ3n) is 4.55. The fourth-order valence-corrected chi connectivity index (χ4v) is 3.25. The van der Waals surface area contributed by atoms with Gasteiger partial charge in [0, 0.05) is 22.7 Å². The summed E-state index contributed by atoms with van der Waals surface area (Å²) in [4.78, 5) is 11.3. The Labute approximate surface area is 161 Å². The number of carbonyl (C=O) groups is 1. The van der Waals surface area contributed by atoms with Crippen molar-refractivity contribution in [1.29, 1.82) is 0 Å². The molecule has 0 atom stereocenters. The molecule has 0 saturated carbocycles. The van der Waals surface area contributed by atoms with Crippen molar-refractivity contribution in [3.63, 3.8) is 0 Å². The van der Waals surface area contributed by atoms with Gasteiger partial charge in [0.15, 0.2) is 0 Å². The van der Waals surface area contributed by atoms with Gasteiger partial charge >= 0.3 is 6.01 Å². The monoisotopic (exact) mass is 378 g/mol. The number of fused-ring (bicyclic) bond motifs is 1. The Hall–Kier alpha value is -3.48. The van der Waals surface area contributed by atoms with Gasteiger partial charge in [0.1, 0.15) is 5.82 Å². The van der Waals surface area contributed by atoms with Gasteiger partial charge in [-0.25, -0.2) is 4.39 Å². The van der Waals surface area contributed by atoms with Gasteiger partial charge < -0.3 is 15.5 Å². The van der Waals surface area contributed by atoms with Crippen LogP contribution in [-0.4, -0.2) is 22.1 Å². The molecule has 1 heterocycles. The summed E-state index contributed by atoms with van der Waals surface area (Å²) in [5, 5.41) is 11.1. The predicted molar refractivity (Wildman–Crippen MR) is 104 cm³/mol. The number of hydrogen-bond donors (Lipinski definition) is 2.